The summed E-state index contributed by atoms with van der Waals surface area (Å²) in [4.78, 5) is 21.8. The van der Waals surface area contributed by atoms with Gasteiger partial charge in [0, 0.05) is 36.5 Å². The second-order valence-electron chi connectivity index (χ2n) is 8.10. The van der Waals surface area contributed by atoms with E-state index < -0.39 is 0 Å². The summed E-state index contributed by atoms with van der Waals surface area (Å²) in [7, 11) is 0. The summed E-state index contributed by atoms with van der Waals surface area (Å²) in [6.07, 6.45) is 4.70. The van der Waals surface area contributed by atoms with E-state index in [1.165, 1.54) is 5.56 Å². The van der Waals surface area contributed by atoms with Crippen LogP contribution >= 0.6 is 0 Å². The molecule has 6 nitrogen and oxygen atoms in total. The Morgan fingerprint density at radius 3 is 2.83 bits per heavy atom. The van der Waals surface area contributed by atoms with Gasteiger partial charge in [0.25, 0.3) is 0 Å². The molecule has 0 N–H and O–H groups in total. The molecule has 0 saturated carbocycles. The zero-order valence-corrected chi connectivity index (χ0v) is 17.0. The van der Waals surface area contributed by atoms with Crippen LogP contribution in [-0.4, -0.2) is 39.5 Å². The maximum atomic E-state index is 12.6. The highest BCUT2D eigenvalue weighted by Crippen LogP contribution is 2.25. The molecule has 1 fully saturated rings. The molecule has 2 aliphatic rings. The third-order valence-corrected chi connectivity index (χ3v) is 5.84. The molecule has 1 aromatic carbocycles. The molecule has 1 atom stereocenters. The molecule has 0 aliphatic carbocycles. The summed E-state index contributed by atoms with van der Waals surface area (Å²) in [5.74, 6) is 0.415. The topological polar surface area (TPSA) is 69.4 Å². The van der Waals surface area contributed by atoms with Crippen molar-refractivity contribution in [1.29, 1.82) is 0 Å². The van der Waals surface area contributed by atoms with Crippen molar-refractivity contribution in [3.05, 3.63) is 82.9 Å². The number of Topliss-reactive ketones (excluding diaryl/α,β-unsaturated/α-hetero) is 1. The number of aliphatic imine (C=N–C) groups is 1. The smallest absolute Gasteiger partial charge is 0.139 e. The van der Waals surface area contributed by atoms with Gasteiger partial charge >= 0.3 is 0 Å². The first-order chi connectivity index (χ1) is 14.7. The number of carbonyl (C=O) groups excluding carboxylic acids is 1. The van der Waals surface area contributed by atoms with Gasteiger partial charge in [0.05, 0.1) is 31.5 Å². The number of fused-ring (bicyclic) bond motifs is 1. The minimum absolute atomic E-state index is 0.208. The normalized spacial score (nSPS) is 16.6. The van der Waals surface area contributed by atoms with Crippen LogP contribution in [0.4, 0.5) is 0 Å². The minimum atomic E-state index is 0.208. The lowest BCUT2D eigenvalue weighted by atomic mass is 9.94. The molecule has 152 valence electrons. The Hall–Kier alpha value is -3.12. The molecule has 0 spiro atoms. The largest absolute Gasteiger partial charge is 0.377 e. The molecule has 0 amide bonds. The second-order valence-corrected chi connectivity index (χ2v) is 8.10. The highest BCUT2D eigenvalue weighted by atomic mass is 16.5. The van der Waals surface area contributed by atoms with Crippen molar-refractivity contribution in [2.75, 3.05) is 13.2 Å². The van der Waals surface area contributed by atoms with Crippen LogP contribution in [0.5, 0.6) is 0 Å². The van der Waals surface area contributed by atoms with E-state index in [4.69, 9.17) is 4.74 Å². The van der Waals surface area contributed by atoms with Gasteiger partial charge in [0.15, 0.2) is 0 Å². The van der Waals surface area contributed by atoms with Crippen molar-refractivity contribution in [3.63, 3.8) is 0 Å². The third kappa shape index (κ3) is 3.71. The average Bonchev–Trinajstić information content (AvgIpc) is 3.34. The van der Waals surface area contributed by atoms with Crippen LogP contribution < -0.4 is 0 Å². The monoisotopic (exact) mass is 400 g/mol. The average molecular weight is 400 g/mol. The van der Waals surface area contributed by atoms with Crippen molar-refractivity contribution in [1.82, 2.24) is 14.8 Å². The van der Waals surface area contributed by atoms with Crippen molar-refractivity contribution in [2.24, 2.45) is 4.99 Å². The van der Waals surface area contributed by atoms with Crippen molar-refractivity contribution < 1.29 is 9.53 Å². The van der Waals surface area contributed by atoms with Gasteiger partial charge in [-0.1, -0.05) is 37.3 Å². The fraction of sp³-hybridized carbons (Fsp3) is 0.333. The molecule has 4 heterocycles. The van der Waals surface area contributed by atoms with Crippen LogP contribution in [0.15, 0.2) is 59.9 Å². The SMILES string of the molecule is C[C@@H](CC(=O)Cc1cc2c(cn1)C(c1ccn(C3COC3)n1)=NC2)c1ccccc1. The third-order valence-electron chi connectivity index (χ3n) is 5.84. The van der Waals surface area contributed by atoms with Gasteiger partial charge < -0.3 is 4.74 Å². The Morgan fingerprint density at radius 2 is 2.07 bits per heavy atom. The van der Waals surface area contributed by atoms with E-state index >= 15 is 0 Å². The Labute approximate surface area is 175 Å². The van der Waals surface area contributed by atoms with Crippen LogP contribution in [0, 0.1) is 0 Å². The number of hydrogen-bond donors (Lipinski definition) is 0. The molecule has 5 rings (SSSR count). The molecule has 30 heavy (non-hydrogen) atoms. The Kier molecular flexibility index (Phi) is 5.01. The Morgan fingerprint density at radius 1 is 1.23 bits per heavy atom. The standard InChI is InChI=1S/C24H24N4O2/c1-16(17-5-3-2-4-6-17)9-21(29)11-19-10-18-12-26-24(22(18)13-25-19)23-7-8-28(27-23)20-14-30-15-20/h2-8,10,13,16,20H,9,11-12,14-15H2,1H3/t16-/m0/s1. The van der Waals surface area contributed by atoms with Crippen LogP contribution in [0.25, 0.3) is 0 Å². The lowest BCUT2D eigenvalue weighted by Crippen LogP contribution is -2.31. The first-order valence-corrected chi connectivity index (χ1v) is 10.4. The zero-order chi connectivity index (χ0) is 20.5. The molecule has 0 radical (unpaired) electrons. The zero-order valence-electron chi connectivity index (χ0n) is 17.0. The summed E-state index contributed by atoms with van der Waals surface area (Å²) >= 11 is 0. The number of benzene rings is 1. The summed E-state index contributed by atoms with van der Waals surface area (Å²) in [5.41, 5.74) is 5.88. The van der Waals surface area contributed by atoms with Crippen LogP contribution in [0.2, 0.25) is 0 Å². The second kappa shape index (κ2) is 7.95. The van der Waals surface area contributed by atoms with E-state index in [0.29, 0.717) is 38.6 Å². The molecule has 6 heteroatoms. The summed E-state index contributed by atoms with van der Waals surface area (Å²) < 4.78 is 7.20. The van der Waals surface area contributed by atoms with Crippen molar-refractivity contribution >= 4 is 11.5 Å². The number of hydrogen-bond acceptors (Lipinski definition) is 5. The number of carbonyl (C=O) groups is 1. The van der Waals surface area contributed by atoms with Gasteiger partial charge in [-0.2, -0.15) is 5.10 Å². The highest BCUT2D eigenvalue weighted by molar-refractivity contribution is 6.13. The number of aromatic nitrogens is 3. The molecule has 0 bridgehead atoms. The minimum Gasteiger partial charge on any atom is -0.377 e. The van der Waals surface area contributed by atoms with Gasteiger partial charge in [0.2, 0.25) is 0 Å². The van der Waals surface area contributed by atoms with Crippen LogP contribution in [-0.2, 0) is 22.5 Å². The van der Waals surface area contributed by atoms with Gasteiger partial charge in [-0.25, -0.2) is 0 Å². The number of ether oxygens (including phenoxy) is 1. The first-order valence-electron chi connectivity index (χ1n) is 10.4. The molecule has 3 aromatic rings. The molecule has 1 saturated heterocycles. The van der Waals surface area contributed by atoms with Gasteiger partial charge in [-0.05, 0) is 29.2 Å². The highest BCUT2D eigenvalue weighted by Gasteiger charge is 2.25. The summed E-state index contributed by atoms with van der Waals surface area (Å²) in [6.45, 7) is 4.13. The van der Waals surface area contributed by atoms with E-state index in [1.807, 2.05) is 47.4 Å². The van der Waals surface area contributed by atoms with E-state index in [-0.39, 0.29) is 11.7 Å². The van der Waals surface area contributed by atoms with Crippen molar-refractivity contribution in [3.8, 4) is 0 Å². The lowest BCUT2D eigenvalue weighted by molar-refractivity contribution is -0.118. The van der Waals surface area contributed by atoms with Gasteiger partial charge in [-0.15, -0.1) is 0 Å². The van der Waals surface area contributed by atoms with Crippen LogP contribution in [0.1, 0.15) is 53.4 Å². The van der Waals surface area contributed by atoms with E-state index in [2.05, 4.69) is 34.1 Å². The molecule has 2 aromatic heterocycles. The van der Waals surface area contributed by atoms with E-state index in [9.17, 15) is 4.79 Å². The van der Waals surface area contributed by atoms with E-state index in [0.717, 1.165) is 28.2 Å². The molecule has 0 unspecified atom stereocenters. The Bertz CT molecular complexity index is 1100. The van der Waals surface area contributed by atoms with Crippen LogP contribution in [0.3, 0.4) is 0 Å². The first kappa shape index (κ1) is 18.9. The lowest BCUT2D eigenvalue weighted by Gasteiger charge is -2.25. The Balaban J connectivity index is 1.25. The predicted octanol–water partition coefficient (Wildman–Crippen LogP) is 3.51. The number of nitrogens with zero attached hydrogens (tertiary/aromatic N) is 4. The molecule has 2 aliphatic heterocycles. The quantitative estimate of drug-likeness (QED) is 0.609. The summed E-state index contributed by atoms with van der Waals surface area (Å²) in [5, 5.41) is 4.67. The molecular weight excluding hydrogens is 376 g/mol. The van der Waals surface area contributed by atoms with Gasteiger partial charge in [0.1, 0.15) is 11.5 Å². The predicted molar refractivity (Wildman–Crippen MR) is 114 cm³/mol. The number of ketones is 1. The fourth-order valence-electron chi connectivity index (χ4n) is 4.01. The maximum Gasteiger partial charge on any atom is 0.139 e. The number of rotatable bonds is 7. The summed E-state index contributed by atoms with van der Waals surface area (Å²) in [6, 6.07) is 14.5. The molecular formula is C24H24N4O2. The maximum absolute atomic E-state index is 12.6. The number of pyridine rings is 1. The van der Waals surface area contributed by atoms with Gasteiger partial charge in [-0.3, -0.25) is 19.5 Å². The van der Waals surface area contributed by atoms with Crippen molar-refractivity contribution in [2.45, 2.75) is 38.3 Å². The fourth-order valence-corrected chi connectivity index (χ4v) is 4.01. The van der Waals surface area contributed by atoms with E-state index in [1.54, 1.807) is 0 Å².